The van der Waals surface area contributed by atoms with E-state index >= 15 is 0 Å². The second-order valence-electron chi connectivity index (χ2n) is 6.50. The summed E-state index contributed by atoms with van der Waals surface area (Å²) in [6.07, 6.45) is 6.03. The molecule has 1 aliphatic carbocycles. The number of nitrogens with two attached hydrogens (primary N) is 1. The molecule has 0 aromatic carbocycles. The van der Waals surface area contributed by atoms with Crippen LogP contribution in [0.5, 0.6) is 0 Å². The largest absolute Gasteiger partial charge is 0.383 e. The molecule has 0 saturated carbocycles. The van der Waals surface area contributed by atoms with Gasteiger partial charge in [0.15, 0.2) is 0 Å². The summed E-state index contributed by atoms with van der Waals surface area (Å²) < 4.78 is 0. The Labute approximate surface area is 141 Å². The van der Waals surface area contributed by atoms with E-state index < -0.39 is 0 Å². The summed E-state index contributed by atoms with van der Waals surface area (Å²) in [5.74, 6) is 1.36. The molecule has 2 aromatic rings. The number of aromatic nitrogens is 2. The molecule has 0 unspecified atom stereocenters. The van der Waals surface area contributed by atoms with Crippen LogP contribution in [-0.2, 0) is 19.4 Å². The molecule has 1 aliphatic rings. The second kappa shape index (κ2) is 6.81. The molecule has 0 bridgehead atoms. The minimum Gasteiger partial charge on any atom is -0.383 e. The topological polar surface area (TPSA) is 78.8 Å². The molecule has 0 radical (unpaired) electrons. The lowest BCUT2D eigenvalue weighted by atomic mass is 10.1. The molecule has 0 aliphatic heterocycles. The van der Waals surface area contributed by atoms with Crippen LogP contribution in [0.25, 0.3) is 10.2 Å². The van der Waals surface area contributed by atoms with Gasteiger partial charge in [0.2, 0.25) is 0 Å². The molecule has 2 N–H and O–H groups in total. The molecule has 23 heavy (non-hydrogen) atoms. The van der Waals surface area contributed by atoms with Crippen LogP contribution in [0.1, 0.15) is 42.5 Å². The predicted octanol–water partition coefficient (Wildman–Crippen LogP) is 3.13. The van der Waals surface area contributed by atoms with Crippen molar-refractivity contribution in [3.8, 4) is 6.07 Å². The Kier molecular flexibility index (Phi) is 4.79. The van der Waals surface area contributed by atoms with Gasteiger partial charge in [-0.2, -0.15) is 5.26 Å². The molecule has 0 amide bonds. The van der Waals surface area contributed by atoms with Gasteiger partial charge >= 0.3 is 0 Å². The average molecular weight is 329 g/mol. The Hall–Kier alpha value is -1.71. The molecule has 3 rings (SSSR count). The molecular weight excluding hydrogens is 306 g/mol. The average Bonchev–Trinajstić information content (AvgIpc) is 2.69. The fourth-order valence-electron chi connectivity index (χ4n) is 3.29. The molecule has 5 nitrogen and oxygen atoms in total. The third-order valence-corrected chi connectivity index (χ3v) is 5.54. The fraction of sp³-hybridized carbons (Fsp3) is 0.588. The zero-order chi connectivity index (χ0) is 16.4. The van der Waals surface area contributed by atoms with Gasteiger partial charge in [-0.15, -0.1) is 11.3 Å². The number of nitrogens with zero attached hydrogens (tertiary/aromatic N) is 4. The van der Waals surface area contributed by atoms with Crippen LogP contribution < -0.4 is 5.73 Å². The van der Waals surface area contributed by atoms with Crippen LogP contribution in [0.3, 0.4) is 0 Å². The lowest BCUT2D eigenvalue weighted by Gasteiger charge is -2.16. The molecule has 122 valence electrons. The van der Waals surface area contributed by atoms with Gasteiger partial charge in [0.25, 0.3) is 0 Å². The Morgan fingerprint density at radius 2 is 2.09 bits per heavy atom. The first-order valence-corrected chi connectivity index (χ1v) is 9.05. The van der Waals surface area contributed by atoms with Crippen LogP contribution in [0.4, 0.5) is 5.82 Å². The Morgan fingerprint density at radius 3 is 2.87 bits per heavy atom. The number of hydrogen-bond acceptors (Lipinski definition) is 6. The van der Waals surface area contributed by atoms with Gasteiger partial charge < -0.3 is 5.73 Å². The van der Waals surface area contributed by atoms with E-state index in [2.05, 4.69) is 16.0 Å². The highest BCUT2D eigenvalue weighted by Gasteiger charge is 2.19. The Balaban J connectivity index is 1.88. The Bertz CT molecular complexity index is 746. The summed E-state index contributed by atoms with van der Waals surface area (Å²) in [6, 6.07) is 2.26. The van der Waals surface area contributed by atoms with E-state index in [1.165, 1.54) is 29.7 Å². The van der Waals surface area contributed by atoms with E-state index in [4.69, 9.17) is 16.0 Å². The van der Waals surface area contributed by atoms with Crippen molar-refractivity contribution in [2.24, 2.45) is 5.92 Å². The van der Waals surface area contributed by atoms with Gasteiger partial charge in [-0.05, 0) is 45.2 Å². The van der Waals surface area contributed by atoms with Crippen molar-refractivity contribution in [2.45, 2.75) is 45.6 Å². The molecule has 1 atom stereocenters. The van der Waals surface area contributed by atoms with E-state index in [1.807, 2.05) is 14.0 Å². The summed E-state index contributed by atoms with van der Waals surface area (Å²) in [4.78, 5) is 13.8. The van der Waals surface area contributed by atoms with Crippen molar-refractivity contribution in [3.05, 3.63) is 16.3 Å². The van der Waals surface area contributed by atoms with Gasteiger partial charge in [0.1, 0.15) is 16.5 Å². The second-order valence-corrected chi connectivity index (χ2v) is 7.58. The number of nitrogen functional groups attached to an aromatic ring is 1. The first kappa shape index (κ1) is 16.2. The quantitative estimate of drug-likeness (QED) is 0.872. The maximum absolute atomic E-state index is 8.93. The molecule has 2 aromatic heterocycles. The first-order chi connectivity index (χ1) is 11.1. The minimum absolute atomic E-state index is 0.00104. The van der Waals surface area contributed by atoms with E-state index in [1.54, 1.807) is 11.3 Å². The van der Waals surface area contributed by atoms with Crippen LogP contribution in [-0.4, -0.2) is 28.5 Å². The van der Waals surface area contributed by atoms with Crippen LogP contribution in [0.15, 0.2) is 0 Å². The zero-order valence-electron chi connectivity index (χ0n) is 13.8. The van der Waals surface area contributed by atoms with Gasteiger partial charge in [-0.3, -0.25) is 4.90 Å². The molecule has 6 heteroatoms. The van der Waals surface area contributed by atoms with Crippen molar-refractivity contribution in [1.29, 1.82) is 5.26 Å². The van der Waals surface area contributed by atoms with E-state index in [-0.39, 0.29) is 5.92 Å². The van der Waals surface area contributed by atoms with Gasteiger partial charge in [-0.1, -0.05) is 6.42 Å². The Morgan fingerprint density at radius 1 is 1.30 bits per heavy atom. The van der Waals surface area contributed by atoms with Crippen molar-refractivity contribution >= 4 is 27.4 Å². The lowest BCUT2D eigenvalue weighted by Crippen LogP contribution is -2.24. The third kappa shape index (κ3) is 3.46. The van der Waals surface area contributed by atoms with Crippen molar-refractivity contribution < 1.29 is 0 Å². The van der Waals surface area contributed by atoms with E-state index in [9.17, 15) is 0 Å². The SMILES string of the molecule is C[C@H](C#N)CN(C)Cc1nc(N)c2c3c(sc2n1)CCCCC3. The van der Waals surface area contributed by atoms with Crippen LogP contribution in [0, 0.1) is 17.2 Å². The van der Waals surface area contributed by atoms with Gasteiger partial charge in [0.05, 0.1) is 23.9 Å². The number of thiophene rings is 1. The third-order valence-electron chi connectivity index (χ3n) is 4.36. The number of anilines is 1. The molecule has 2 heterocycles. The number of fused-ring (bicyclic) bond motifs is 3. The highest BCUT2D eigenvalue weighted by Crippen LogP contribution is 2.37. The van der Waals surface area contributed by atoms with E-state index in [0.717, 1.165) is 28.9 Å². The smallest absolute Gasteiger partial charge is 0.146 e. The van der Waals surface area contributed by atoms with Crippen LogP contribution >= 0.6 is 11.3 Å². The summed E-state index contributed by atoms with van der Waals surface area (Å²) in [5, 5.41) is 10.0. The fourth-order valence-corrected chi connectivity index (χ4v) is 4.58. The number of hydrogen-bond donors (Lipinski definition) is 1. The highest BCUT2D eigenvalue weighted by atomic mass is 32.1. The molecule has 0 saturated heterocycles. The van der Waals surface area contributed by atoms with Crippen LogP contribution in [0.2, 0.25) is 0 Å². The van der Waals surface area contributed by atoms with E-state index in [0.29, 0.717) is 18.9 Å². The predicted molar refractivity (Wildman–Crippen MR) is 94.2 cm³/mol. The summed E-state index contributed by atoms with van der Waals surface area (Å²) in [7, 11) is 1.99. The summed E-state index contributed by atoms with van der Waals surface area (Å²) in [6.45, 7) is 3.25. The van der Waals surface area contributed by atoms with Gasteiger partial charge in [-0.25, -0.2) is 9.97 Å². The number of rotatable bonds is 4. The monoisotopic (exact) mass is 329 g/mol. The first-order valence-electron chi connectivity index (χ1n) is 8.23. The number of aryl methyl sites for hydroxylation is 2. The summed E-state index contributed by atoms with van der Waals surface area (Å²) in [5.41, 5.74) is 7.65. The lowest BCUT2D eigenvalue weighted by molar-refractivity contribution is 0.296. The van der Waals surface area contributed by atoms with Crippen molar-refractivity contribution in [3.63, 3.8) is 0 Å². The van der Waals surface area contributed by atoms with Gasteiger partial charge in [0, 0.05) is 11.4 Å². The van der Waals surface area contributed by atoms with Crippen molar-refractivity contribution in [1.82, 2.24) is 14.9 Å². The normalized spacial score (nSPS) is 16.1. The maximum atomic E-state index is 8.93. The summed E-state index contributed by atoms with van der Waals surface area (Å²) >= 11 is 1.78. The highest BCUT2D eigenvalue weighted by molar-refractivity contribution is 7.18. The molecule has 0 spiro atoms. The molecular formula is C17H23N5S. The van der Waals surface area contributed by atoms with Crippen molar-refractivity contribution in [2.75, 3.05) is 19.3 Å². The maximum Gasteiger partial charge on any atom is 0.146 e. The molecule has 0 fully saturated rings. The zero-order valence-corrected chi connectivity index (χ0v) is 14.6. The minimum atomic E-state index is -0.00104. The standard InChI is InChI=1S/C17H23N5S/c1-11(8-18)9-22(2)10-14-20-16(19)15-12-6-4-3-5-7-13(12)23-17(15)21-14/h11H,3-7,9-10H2,1-2H3,(H2,19,20,21)/t11-/m1/s1. The number of nitriles is 1.